The molecule has 104 valence electrons. The molecule has 0 aliphatic heterocycles. The second kappa shape index (κ2) is 6.67. The van der Waals surface area contributed by atoms with Gasteiger partial charge in [0.15, 0.2) is 0 Å². The maximum absolute atomic E-state index is 11.9. The van der Waals surface area contributed by atoms with E-state index in [2.05, 4.69) is 10.1 Å². The first-order chi connectivity index (χ1) is 8.88. The Bertz CT molecular complexity index is 448. The summed E-state index contributed by atoms with van der Waals surface area (Å²) >= 11 is 0. The van der Waals surface area contributed by atoms with Crippen molar-refractivity contribution < 1.29 is 28.2 Å². The average Bonchev–Trinajstić information content (AvgIpc) is 2.30. The molecule has 0 spiro atoms. The number of rotatable bonds is 6. The number of carbonyl (C=O) groups is 2. The SMILES string of the molecule is C[C@H](NC(=O)Cc1ccc(OC(F)F)cc1)C(=O)O. The molecule has 0 aliphatic rings. The summed E-state index contributed by atoms with van der Waals surface area (Å²) in [5.41, 5.74) is 0.566. The van der Waals surface area contributed by atoms with Crippen LogP contribution in [0.4, 0.5) is 8.78 Å². The van der Waals surface area contributed by atoms with Crippen LogP contribution in [0.25, 0.3) is 0 Å². The van der Waals surface area contributed by atoms with Gasteiger partial charge >= 0.3 is 12.6 Å². The van der Waals surface area contributed by atoms with Crippen molar-refractivity contribution in [2.45, 2.75) is 26.0 Å². The van der Waals surface area contributed by atoms with Crippen LogP contribution in [0.15, 0.2) is 24.3 Å². The van der Waals surface area contributed by atoms with E-state index in [4.69, 9.17) is 5.11 Å². The molecule has 0 fully saturated rings. The first kappa shape index (κ1) is 14.9. The number of ether oxygens (including phenoxy) is 1. The number of carboxylic acid groups (broad SMARTS) is 1. The number of hydrogen-bond acceptors (Lipinski definition) is 3. The third-order valence-corrected chi connectivity index (χ3v) is 2.26. The first-order valence-corrected chi connectivity index (χ1v) is 5.44. The summed E-state index contributed by atoms with van der Waals surface area (Å²) in [5, 5.41) is 10.9. The van der Waals surface area contributed by atoms with Gasteiger partial charge in [0.25, 0.3) is 0 Å². The minimum Gasteiger partial charge on any atom is -0.480 e. The van der Waals surface area contributed by atoms with Gasteiger partial charge in [0.1, 0.15) is 11.8 Å². The molecule has 0 heterocycles. The topological polar surface area (TPSA) is 75.6 Å². The van der Waals surface area contributed by atoms with Crippen LogP contribution in [0.3, 0.4) is 0 Å². The molecular weight excluding hydrogens is 260 g/mol. The number of carboxylic acids is 1. The highest BCUT2D eigenvalue weighted by Gasteiger charge is 2.14. The molecule has 1 atom stereocenters. The number of nitrogens with one attached hydrogen (secondary N) is 1. The number of hydrogen-bond donors (Lipinski definition) is 2. The lowest BCUT2D eigenvalue weighted by Crippen LogP contribution is -2.39. The summed E-state index contributed by atoms with van der Waals surface area (Å²) in [7, 11) is 0. The summed E-state index contributed by atoms with van der Waals surface area (Å²) < 4.78 is 28.0. The third-order valence-electron chi connectivity index (χ3n) is 2.26. The van der Waals surface area contributed by atoms with Crippen molar-refractivity contribution in [1.29, 1.82) is 0 Å². The van der Waals surface area contributed by atoms with Gasteiger partial charge in [-0.25, -0.2) is 0 Å². The zero-order chi connectivity index (χ0) is 14.4. The smallest absolute Gasteiger partial charge is 0.387 e. The molecule has 0 radical (unpaired) electrons. The molecule has 0 saturated carbocycles. The van der Waals surface area contributed by atoms with Gasteiger partial charge in [-0.1, -0.05) is 12.1 Å². The second-order valence-electron chi connectivity index (χ2n) is 3.83. The van der Waals surface area contributed by atoms with Crippen molar-refractivity contribution in [2.24, 2.45) is 0 Å². The van der Waals surface area contributed by atoms with Crippen LogP contribution in [-0.4, -0.2) is 29.6 Å². The molecule has 0 aliphatic carbocycles. The molecule has 0 aromatic heterocycles. The lowest BCUT2D eigenvalue weighted by Gasteiger charge is -2.09. The molecule has 5 nitrogen and oxygen atoms in total. The van der Waals surface area contributed by atoms with Crippen LogP contribution in [0, 0.1) is 0 Å². The van der Waals surface area contributed by atoms with E-state index in [0.717, 1.165) is 0 Å². The lowest BCUT2D eigenvalue weighted by atomic mass is 10.1. The van der Waals surface area contributed by atoms with Gasteiger partial charge < -0.3 is 15.2 Å². The molecule has 0 unspecified atom stereocenters. The highest BCUT2D eigenvalue weighted by atomic mass is 19.3. The predicted octanol–water partition coefficient (Wildman–Crippen LogP) is 1.42. The fraction of sp³-hybridized carbons (Fsp3) is 0.333. The monoisotopic (exact) mass is 273 g/mol. The van der Waals surface area contributed by atoms with Gasteiger partial charge in [-0.05, 0) is 24.6 Å². The van der Waals surface area contributed by atoms with Crippen LogP contribution >= 0.6 is 0 Å². The van der Waals surface area contributed by atoms with Crippen molar-refractivity contribution >= 4 is 11.9 Å². The van der Waals surface area contributed by atoms with Gasteiger partial charge in [-0.3, -0.25) is 9.59 Å². The highest BCUT2D eigenvalue weighted by molar-refractivity contribution is 5.84. The number of amides is 1. The van der Waals surface area contributed by atoms with E-state index in [9.17, 15) is 18.4 Å². The van der Waals surface area contributed by atoms with Crippen molar-refractivity contribution in [2.75, 3.05) is 0 Å². The summed E-state index contributed by atoms with van der Waals surface area (Å²) in [6.45, 7) is -1.55. The van der Waals surface area contributed by atoms with E-state index in [-0.39, 0.29) is 12.2 Å². The Morgan fingerprint density at radius 3 is 2.37 bits per heavy atom. The van der Waals surface area contributed by atoms with E-state index in [1.807, 2.05) is 0 Å². The van der Waals surface area contributed by atoms with Crippen molar-refractivity contribution in [3.63, 3.8) is 0 Å². The maximum Gasteiger partial charge on any atom is 0.387 e. The van der Waals surface area contributed by atoms with E-state index in [1.54, 1.807) is 0 Å². The van der Waals surface area contributed by atoms with E-state index < -0.39 is 24.5 Å². The Hall–Kier alpha value is -2.18. The molecule has 7 heteroatoms. The molecule has 2 N–H and O–H groups in total. The zero-order valence-corrected chi connectivity index (χ0v) is 10.1. The minimum absolute atomic E-state index is 0.00179. The largest absolute Gasteiger partial charge is 0.480 e. The molecule has 0 saturated heterocycles. The van der Waals surface area contributed by atoms with Gasteiger partial charge in [0.05, 0.1) is 6.42 Å². The summed E-state index contributed by atoms with van der Waals surface area (Å²) in [6, 6.07) is 4.57. The fourth-order valence-corrected chi connectivity index (χ4v) is 1.33. The molecule has 1 amide bonds. The molecule has 1 aromatic rings. The lowest BCUT2D eigenvalue weighted by molar-refractivity contribution is -0.141. The van der Waals surface area contributed by atoms with Crippen LogP contribution in [0.2, 0.25) is 0 Å². The number of aliphatic carboxylic acids is 1. The maximum atomic E-state index is 11.9. The van der Waals surface area contributed by atoms with E-state index >= 15 is 0 Å². The fourth-order valence-electron chi connectivity index (χ4n) is 1.33. The van der Waals surface area contributed by atoms with Crippen LogP contribution in [-0.2, 0) is 16.0 Å². The van der Waals surface area contributed by atoms with Gasteiger partial charge in [0.2, 0.25) is 5.91 Å². The number of halogens is 2. The van der Waals surface area contributed by atoms with Crippen LogP contribution in [0.1, 0.15) is 12.5 Å². The zero-order valence-electron chi connectivity index (χ0n) is 10.1. The minimum atomic E-state index is -2.90. The molecule has 0 bridgehead atoms. The van der Waals surface area contributed by atoms with Crippen molar-refractivity contribution in [3.05, 3.63) is 29.8 Å². The summed E-state index contributed by atoms with van der Waals surface area (Å²) in [4.78, 5) is 22.0. The summed E-state index contributed by atoms with van der Waals surface area (Å²) in [5.74, 6) is -1.59. The van der Waals surface area contributed by atoms with E-state index in [0.29, 0.717) is 5.56 Å². The van der Waals surface area contributed by atoms with Crippen LogP contribution in [0.5, 0.6) is 5.75 Å². The van der Waals surface area contributed by atoms with E-state index in [1.165, 1.54) is 31.2 Å². The van der Waals surface area contributed by atoms with Crippen molar-refractivity contribution in [1.82, 2.24) is 5.32 Å². The molecule has 19 heavy (non-hydrogen) atoms. The van der Waals surface area contributed by atoms with Gasteiger partial charge in [0, 0.05) is 0 Å². The van der Waals surface area contributed by atoms with Crippen molar-refractivity contribution in [3.8, 4) is 5.75 Å². The second-order valence-corrected chi connectivity index (χ2v) is 3.83. The number of carbonyl (C=O) groups excluding carboxylic acids is 1. The Labute approximate surface area is 108 Å². The summed E-state index contributed by atoms with van der Waals surface area (Å²) in [6.07, 6.45) is -0.0351. The number of benzene rings is 1. The molecule has 1 rings (SSSR count). The Kier molecular flexibility index (Phi) is 5.23. The van der Waals surface area contributed by atoms with Gasteiger partial charge in [-0.2, -0.15) is 8.78 Å². The Morgan fingerprint density at radius 1 is 1.32 bits per heavy atom. The Balaban J connectivity index is 2.53. The highest BCUT2D eigenvalue weighted by Crippen LogP contribution is 2.15. The normalized spacial score (nSPS) is 12.0. The van der Waals surface area contributed by atoms with Crippen LogP contribution < -0.4 is 10.1 Å². The quantitative estimate of drug-likeness (QED) is 0.822. The molecule has 1 aromatic carbocycles. The van der Waals surface area contributed by atoms with Gasteiger partial charge in [-0.15, -0.1) is 0 Å². The molecular formula is C12H13F2NO4. The predicted molar refractivity (Wildman–Crippen MR) is 62.0 cm³/mol. The standard InChI is InChI=1S/C12H13F2NO4/c1-7(11(17)18)15-10(16)6-8-2-4-9(5-3-8)19-12(13)14/h2-5,7,12H,6H2,1H3,(H,15,16)(H,17,18)/t7-/m0/s1. The average molecular weight is 273 g/mol. The first-order valence-electron chi connectivity index (χ1n) is 5.44. The Morgan fingerprint density at radius 2 is 1.89 bits per heavy atom. The third kappa shape index (κ3) is 5.33. The number of alkyl halides is 2.